The van der Waals surface area contributed by atoms with Crippen LogP contribution in [-0.4, -0.2) is 47.9 Å². The van der Waals surface area contributed by atoms with Crippen molar-refractivity contribution < 1.29 is 18.4 Å². The molecule has 1 saturated carbocycles. The monoisotopic (exact) mass is 351 g/mol. The summed E-state index contributed by atoms with van der Waals surface area (Å²) in [4.78, 5) is 28.1. The zero-order valence-corrected chi connectivity index (χ0v) is 14.1. The second-order valence-electron chi connectivity index (χ2n) is 6.68. The average Bonchev–Trinajstić information content (AvgIpc) is 2.65. The Kier molecular flexibility index (Phi) is 5.50. The van der Waals surface area contributed by atoms with Gasteiger partial charge < -0.3 is 15.1 Å². The molecule has 3 rings (SSSR count). The number of anilines is 1. The molecule has 1 N–H and O–H groups in total. The summed E-state index contributed by atoms with van der Waals surface area (Å²) in [6, 6.07) is 3.18. The summed E-state index contributed by atoms with van der Waals surface area (Å²) in [5.41, 5.74) is -0.175. The van der Waals surface area contributed by atoms with Gasteiger partial charge in [-0.2, -0.15) is 0 Å². The van der Waals surface area contributed by atoms with Gasteiger partial charge in [-0.15, -0.1) is 0 Å². The Balaban J connectivity index is 1.52. The average molecular weight is 351 g/mol. The Labute approximate surface area is 146 Å². The highest BCUT2D eigenvalue weighted by Crippen LogP contribution is 2.26. The van der Waals surface area contributed by atoms with Crippen LogP contribution < -0.4 is 5.32 Å². The molecule has 7 heteroatoms. The van der Waals surface area contributed by atoms with E-state index in [0.717, 1.165) is 31.7 Å². The van der Waals surface area contributed by atoms with Crippen LogP contribution >= 0.6 is 0 Å². The highest BCUT2D eigenvalue weighted by atomic mass is 19.2. The SMILES string of the molecule is O=C(Nc1cccc(F)c1F)N1CCN(C(=O)C2CCCCC2)CC1. The molecule has 2 aliphatic rings. The third-order valence-corrected chi connectivity index (χ3v) is 5.03. The van der Waals surface area contributed by atoms with Crippen LogP contribution in [0.4, 0.5) is 19.3 Å². The second kappa shape index (κ2) is 7.80. The molecular formula is C18H23F2N3O2. The van der Waals surface area contributed by atoms with Gasteiger partial charge in [0.1, 0.15) is 0 Å². The fourth-order valence-corrected chi connectivity index (χ4v) is 3.53. The first-order valence-electron chi connectivity index (χ1n) is 8.85. The lowest BCUT2D eigenvalue weighted by molar-refractivity contribution is -0.138. The summed E-state index contributed by atoms with van der Waals surface area (Å²) in [6.07, 6.45) is 5.33. The number of piperazine rings is 1. The van der Waals surface area contributed by atoms with Gasteiger partial charge in [0.2, 0.25) is 5.91 Å². The molecule has 0 aromatic heterocycles. The predicted molar refractivity (Wildman–Crippen MR) is 90.1 cm³/mol. The Bertz CT molecular complexity index is 639. The Hall–Kier alpha value is -2.18. The number of amides is 3. The maximum Gasteiger partial charge on any atom is 0.322 e. The molecule has 2 fully saturated rings. The number of hydrogen-bond acceptors (Lipinski definition) is 2. The van der Waals surface area contributed by atoms with E-state index in [0.29, 0.717) is 26.2 Å². The van der Waals surface area contributed by atoms with E-state index in [4.69, 9.17) is 0 Å². The minimum Gasteiger partial charge on any atom is -0.339 e. The van der Waals surface area contributed by atoms with E-state index in [1.807, 2.05) is 4.90 Å². The van der Waals surface area contributed by atoms with Crippen molar-refractivity contribution in [1.82, 2.24) is 9.80 Å². The van der Waals surface area contributed by atoms with Gasteiger partial charge in [0.25, 0.3) is 0 Å². The van der Waals surface area contributed by atoms with Gasteiger partial charge in [-0.1, -0.05) is 25.3 Å². The van der Waals surface area contributed by atoms with E-state index in [1.54, 1.807) is 0 Å². The van der Waals surface area contributed by atoms with Gasteiger partial charge in [-0.05, 0) is 25.0 Å². The molecule has 136 valence electrons. The highest BCUT2D eigenvalue weighted by molar-refractivity contribution is 5.89. The fourth-order valence-electron chi connectivity index (χ4n) is 3.53. The van der Waals surface area contributed by atoms with Crippen LogP contribution in [0, 0.1) is 17.6 Å². The number of nitrogens with one attached hydrogen (secondary N) is 1. The molecule has 1 saturated heterocycles. The summed E-state index contributed by atoms with van der Waals surface area (Å²) in [5.74, 6) is -1.76. The largest absolute Gasteiger partial charge is 0.339 e. The molecule has 0 spiro atoms. The van der Waals surface area contributed by atoms with Crippen LogP contribution in [0.1, 0.15) is 32.1 Å². The summed E-state index contributed by atoms with van der Waals surface area (Å²) >= 11 is 0. The zero-order chi connectivity index (χ0) is 17.8. The summed E-state index contributed by atoms with van der Waals surface area (Å²) < 4.78 is 26.8. The first-order chi connectivity index (χ1) is 12.1. The van der Waals surface area contributed by atoms with Crippen molar-refractivity contribution in [1.29, 1.82) is 0 Å². The zero-order valence-electron chi connectivity index (χ0n) is 14.1. The number of halogens is 2. The lowest BCUT2D eigenvalue weighted by Gasteiger charge is -2.37. The van der Waals surface area contributed by atoms with Crippen molar-refractivity contribution in [2.75, 3.05) is 31.5 Å². The van der Waals surface area contributed by atoms with Crippen LogP contribution in [0.5, 0.6) is 0 Å². The number of carbonyl (C=O) groups excluding carboxylic acids is 2. The minimum absolute atomic E-state index is 0.121. The van der Waals surface area contributed by atoms with E-state index in [9.17, 15) is 18.4 Å². The van der Waals surface area contributed by atoms with Gasteiger partial charge in [0.05, 0.1) is 5.69 Å². The highest BCUT2D eigenvalue weighted by Gasteiger charge is 2.29. The maximum absolute atomic E-state index is 13.6. The number of benzene rings is 1. The quantitative estimate of drug-likeness (QED) is 0.889. The molecule has 1 aliphatic carbocycles. The number of hydrogen-bond donors (Lipinski definition) is 1. The fraction of sp³-hybridized carbons (Fsp3) is 0.556. The Morgan fingerprint density at radius 1 is 0.960 bits per heavy atom. The number of nitrogens with zero attached hydrogens (tertiary/aromatic N) is 2. The van der Waals surface area contributed by atoms with Crippen LogP contribution in [0.2, 0.25) is 0 Å². The summed E-state index contributed by atoms with van der Waals surface area (Å²) in [7, 11) is 0. The van der Waals surface area contributed by atoms with Crippen molar-refractivity contribution in [2.24, 2.45) is 5.92 Å². The van der Waals surface area contributed by atoms with Gasteiger partial charge in [-0.25, -0.2) is 13.6 Å². The molecule has 0 radical (unpaired) electrons. The third-order valence-electron chi connectivity index (χ3n) is 5.03. The van der Waals surface area contributed by atoms with Gasteiger partial charge >= 0.3 is 6.03 Å². The molecule has 1 aliphatic heterocycles. The van der Waals surface area contributed by atoms with E-state index in [-0.39, 0.29) is 17.5 Å². The van der Waals surface area contributed by atoms with Crippen LogP contribution in [0.25, 0.3) is 0 Å². The molecule has 1 aromatic rings. The number of rotatable bonds is 2. The van der Waals surface area contributed by atoms with Crippen molar-refractivity contribution in [3.8, 4) is 0 Å². The Morgan fingerprint density at radius 3 is 2.28 bits per heavy atom. The van der Waals surface area contributed by atoms with Crippen molar-refractivity contribution in [3.05, 3.63) is 29.8 Å². The first-order valence-corrected chi connectivity index (χ1v) is 8.85. The maximum atomic E-state index is 13.6. The van der Waals surface area contributed by atoms with Crippen LogP contribution in [0.15, 0.2) is 18.2 Å². The molecule has 5 nitrogen and oxygen atoms in total. The number of carbonyl (C=O) groups is 2. The standard InChI is InChI=1S/C18H23F2N3O2/c19-14-7-4-8-15(16(14)20)21-18(25)23-11-9-22(10-12-23)17(24)13-5-2-1-3-6-13/h4,7-8,13H,1-3,5-6,9-12H2,(H,21,25). The van der Waals surface area contributed by atoms with Gasteiger partial charge in [-0.3, -0.25) is 4.79 Å². The smallest absolute Gasteiger partial charge is 0.322 e. The molecule has 0 atom stereocenters. The van der Waals surface area contributed by atoms with Crippen molar-refractivity contribution in [2.45, 2.75) is 32.1 Å². The molecule has 1 aromatic carbocycles. The summed E-state index contributed by atoms with van der Waals surface area (Å²) in [5, 5.41) is 2.40. The van der Waals surface area contributed by atoms with E-state index >= 15 is 0 Å². The van der Waals surface area contributed by atoms with Gasteiger partial charge in [0.15, 0.2) is 11.6 Å². The Morgan fingerprint density at radius 2 is 1.60 bits per heavy atom. The lowest BCUT2D eigenvalue weighted by atomic mass is 9.88. The van der Waals surface area contributed by atoms with Crippen LogP contribution in [-0.2, 0) is 4.79 Å². The predicted octanol–water partition coefficient (Wildman–Crippen LogP) is 3.22. The second-order valence-corrected chi connectivity index (χ2v) is 6.68. The molecule has 0 unspecified atom stereocenters. The third kappa shape index (κ3) is 4.08. The molecule has 0 bridgehead atoms. The minimum atomic E-state index is -1.07. The molecule has 25 heavy (non-hydrogen) atoms. The number of urea groups is 1. The van der Waals surface area contributed by atoms with Crippen molar-refractivity contribution in [3.63, 3.8) is 0 Å². The van der Waals surface area contributed by atoms with E-state index < -0.39 is 17.7 Å². The van der Waals surface area contributed by atoms with Crippen molar-refractivity contribution >= 4 is 17.6 Å². The van der Waals surface area contributed by atoms with Gasteiger partial charge in [0, 0.05) is 32.1 Å². The summed E-state index contributed by atoms with van der Waals surface area (Å²) in [6.45, 7) is 1.74. The molecule has 1 heterocycles. The first kappa shape index (κ1) is 17.6. The molecule has 3 amide bonds. The normalized spacial score (nSPS) is 19.0. The molecular weight excluding hydrogens is 328 g/mol. The topological polar surface area (TPSA) is 52.7 Å². The van der Waals surface area contributed by atoms with E-state index in [1.165, 1.54) is 23.5 Å². The van der Waals surface area contributed by atoms with Crippen LogP contribution in [0.3, 0.4) is 0 Å². The van der Waals surface area contributed by atoms with E-state index in [2.05, 4.69) is 5.32 Å². The lowest BCUT2D eigenvalue weighted by Crippen LogP contribution is -2.53.